The number of piperidine rings is 1. The Kier molecular flexibility index (Phi) is 6.57. The quantitative estimate of drug-likeness (QED) is 0.752. The summed E-state index contributed by atoms with van der Waals surface area (Å²) in [5, 5.41) is 2.78. The van der Waals surface area contributed by atoms with Gasteiger partial charge < -0.3 is 5.32 Å². The molecule has 2 aromatic rings. The van der Waals surface area contributed by atoms with Crippen molar-refractivity contribution in [3.05, 3.63) is 66.2 Å². The van der Waals surface area contributed by atoms with E-state index in [2.05, 4.69) is 5.32 Å². The van der Waals surface area contributed by atoms with E-state index in [1.807, 2.05) is 60.7 Å². The third-order valence-electron chi connectivity index (χ3n) is 4.61. The summed E-state index contributed by atoms with van der Waals surface area (Å²) >= 11 is 1.52. The molecule has 0 bridgehead atoms. The fourth-order valence-electron chi connectivity index (χ4n) is 3.14. The molecule has 1 saturated heterocycles. The standard InChI is InChI=1S/C20H24N2O3S2/c1-27(24,25)22-14-12-17(13-15-22)21-20(23)19(16-8-4-2-5-9-16)26-18-10-6-3-7-11-18/h2-11,17,19H,12-15H2,1H3,(H,21,23). The number of nitrogens with one attached hydrogen (secondary N) is 1. The Labute approximate surface area is 165 Å². The van der Waals surface area contributed by atoms with Crippen molar-refractivity contribution in [3.8, 4) is 0 Å². The van der Waals surface area contributed by atoms with Crippen LogP contribution in [0.25, 0.3) is 0 Å². The van der Waals surface area contributed by atoms with Gasteiger partial charge in [-0.1, -0.05) is 48.5 Å². The van der Waals surface area contributed by atoms with Crippen molar-refractivity contribution in [1.82, 2.24) is 9.62 Å². The Hall–Kier alpha value is -1.83. The summed E-state index contributed by atoms with van der Waals surface area (Å²) in [6.45, 7) is 0.900. The second kappa shape index (κ2) is 8.91. The first-order chi connectivity index (χ1) is 12.9. The van der Waals surface area contributed by atoms with Crippen molar-refractivity contribution >= 4 is 27.7 Å². The summed E-state index contributed by atoms with van der Waals surface area (Å²) in [6, 6.07) is 19.6. The smallest absolute Gasteiger partial charge is 0.238 e. The lowest BCUT2D eigenvalue weighted by Crippen LogP contribution is -2.47. The van der Waals surface area contributed by atoms with Gasteiger partial charge in [-0.25, -0.2) is 12.7 Å². The van der Waals surface area contributed by atoms with Gasteiger partial charge in [0.25, 0.3) is 0 Å². The number of amides is 1. The van der Waals surface area contributed by atoms with E-state index in [-0.39, 0.29) is 17.2 Å². The molecule has 0 spiro atoms. The van der Waals surface area contributed by atoms with E-state index in [0.29, 0.717) is 25.9 Å². The van der Waals surface area contributed by atoms with Crippen LogP contribution in [0.2, 0.25) is 0 Å². The summed E-state index contributed by atoms with van der Waals surface area (Å²) in [6.07, 6.45) is 2.50. The van der Waals surface area contributed by atoms with Crippen LogP contribution in [0, 0.1) is 0 Å². The third-order valence-corrected chi connectivity index (χ3v) is 7.18. The van der Waals surface area contributed by atoms with Gasteiger partial charge in [0.2, 0.25) is 15.9 Å². The number of thioether (sulfide) groups is 1. The highest BCUT2D eigenvalue weighted by Gasteiger charge is 2.29. The Bertz CT molecular complexity index is 849. The fourth-order valence-corrected chi connectivity index (χ4v) is 5.07. The zero-order chi connectivity index (χ0) is 19.3. The molecule has 1 aliphatic rings. The highest BCUT2D eigenvalue weighted by Crippen LogP contribution is 2.35. The highest BCUT2D eigenvalue weighted by atomic mass is 32.2. The van der Waals surface area contributed by atoms with E-state index >= 15 is 0 Å². The Morgan fingerprint density at radius 3 is 2.15 bits per heavy atom. The zero-order valence-corrected chi connectivity index (χ0v) is 16.9. The van der Waals surface area contributed by atoms with E-state index in [4.69, 9.17) is 0 Å². The summed E-state index contributed by atoms with van der Waals surface area (Å²) in [5.41, 5.74) is 0.956. The number of hydrogen-bond acceptors (Lipinski definition) is 4. The lowest BCUT2D eigenvalue weighted by atomic mass is 10.1. The molecule has 1 amide bonds. The van der Waals surface area contributed by atoms with Crippen molar-refractivity contribution in [2.24, 2.45) is 0 Å². The van der Waals surface area contributed by atoms with Crippen LogP contribution in [0.1, 0.15) is 23.7 Å². The second-order valence-corrected chi connectivity index (χ2v) is 9.83. The Morgan fingerprint density at radius 2 is 1.59 bits per heavy atom. The average molecular weight is 405 g/mol. The van der Waals surface area contributed by atoms with Gasteiger partial charge in [-0.3, -0.25) is 4.79 Å². The maximum absolute atomic E-state index is 13.0. The second-order valence-electron chi connectivity index (χ2n) is 6.67. The van der Waals surface area contributed by atoms with Gasteiger partial charge in [-0.2, -0.15) is 0 Å². The lowest BCUT2D eigenvalue weighted by molar-refractivity contribution is -0.121. The van der Waals surface area contributed by atoms with Gasteiger partial charge in [0.05, 0.1) is 6.26 Å². The van der Waals surface area contributed by atoms with Crippen LogP contribution >= 0.6 is 11.8 Å². The topological polar surface area (TPSA) is 66.5 Å². The molecule has 1 atom stereocenters. The van der Waals surface area contributed by atoms with Crippen LogP contribution in [0.5, 0.6) is 0 Å². The molecule has 1 heterocycles. The van der Waals surface area contributed by atoms with Crippen LogP contribution in [0.3, 0.4) is 0 Å². The van der Waals surface area contributed by atoms with E-state index in [0.717, 1.165) is 10.5 Å². The van der Waals surface area contributed by atoms with E-state index in [9.17, 15) is 13.2 Å². The molecule has 5 nitrogen and oxygen atoms in total. The first-order valence-corrected chi connectivity index (χ1v) is 11.7. The summed E-state index contributed by atoms with van der Waals surface area (Å²) in [4.78, 5) is 14.1. The molecule has 2 aromatic carbocycles. The number of benzene rings is 2. The molecule has 0 aliphatic carbocycles. The molecule has 1 unspecified atom stereocenters. The van der Waals surface area contributed by atoms with Gasteiger partial charge >= 0.3 is 0 Å². The number of sulfonamides is 1. The first kappa shape index (κ1) is 19.9. The third kappa shape index (κ3) is 5.57. The van der Waals surface area contributed by atoms with Gasteiger partial charge in [0.1, 0.15) is 5.25 Å². The molecule has 3 rings (SSSR count). The zero-order valence-electron chi connectivity index (χ0n) is 15.2. The molecule has 27 heavy (non-hydrogen) atoms. The number of carbonyl (C=O) groups is 1. The van der Waals surface area contributed by atoms with Crippen molar-refractivity contribution < 1.29 is 13.2 Å². The predicted molar refractivity (Wildman–Crippen MR) is 109 cm³/mol. The number of rotatable bonds is 6. The SMILES string of the molecule is CS(=O)(=O)N1CCC(NC(=O)C(Sc2ccccc2)c2ccccc2)CC1. The molecule has 1 aliphatic heterocycles. The largest absolute Gasteiger partial charge is 0.352 e. The van der Waals surface area contributed by atoms with E-state index < -0.39 is 10.0 Å². The van der Waals surface area contributed by atoms with Crippen molar-refractivity contribution in [2.45, 2.75) is 29.0 Å². The lowest BCUT2D eigenvalue weighted by Gasteiger charge is -2.31. The number of nitrogens with zero attached hydrogens (tertiary/aromatic N) is 1. The molecule has 0 radical (unpaired) electrons. The van der Waals surface area contributed by atoms with Gasteiger partial charge in [-0.05, 0) is 30.5 Å². The van der Waals surface area contributed by atoms with Crippen molar-refractivity contribution in [2.75, 3.05) is 19.3 Å². The monoisotopic (exact) mass is 404 g/mol. The fraction of sp³-hybridized carbons (Fsp3) is 0.350. The van der Waals surface area contributed by atoms with Gasteiger partial charge in [0, 0.05) is 24.0 Å². The summed E-state index contributed by atoms with van der Waals surface area (Å²) < 4.78 is 24.8. The van der Waals surface area contributed by atoms with Gasteiger partial charge in [0.15, 0.2) is 0 Å². The molecule has 1 fully saturated rings. The van der Waals surface area contributed by atoms with E-state index in [1.165, 1.54) is 22.3 Å². The van der Waals surface area contributed by atoms with Crippen molar-refractivity contribution in [3.63, 3.8) is 0 Å². The highest BCUT2D eigenvalue weighted by molar-refractivity contribution is 8.00. The molecule has 144 valence electrons. The molecule has 7 heteroatoms. The average Bonchev–Trinajstić information content (AvgIpc) is 2.67. The number of hydrogen-bond donors (Lipinski definition) is 1. The van der Waals surface area contributed by atoms with Gasteiger partial charge in [-0.15, -0.1) is 11.8 Å². The number of carbonyl (C=O) groups excluding carboxylic acids is 1. The van der Waals surface area contributed by atoms with Crippen LogP contribution in [0.4, 0.5) is 0 Å². The maximum Gasteiger partial charge on any atom is 0.238 e. The molecule has 0 saturated carbocycles. The molecule has 1 N–H and O–H groups in total. The Balaban J connectivity index is 1.68. The minimum Gasteiger partial charge on any atom is -0.352 e. The Morgan fingerprint density at radius 1 is 1.04 bits per heavy atom. The molecular formula is C20H24N2O3S2. The maximum atomic E-state index is 13.0. The van der Waals surface area contributed by atoms with Crippen LogP contribution in [0.15, 0.2) is 65.6 Å². The molecule has 0 aromatic heterocycles. The van der Waals surface area contributed by atoms with Crippen LogP contribution in [-0.2, 0) is 14.8 Å². The van der Waals surface area contributed by atoms with Crippen molar-refractivity contribution in [1.29, 1.82) is 0 Å². The van der Waals surface area contributed by atoms with E-state index in [1.54, 1.807) is 0 Å². The minimum absolute atomic E-state index is 0.00177. The predicted octanol–water partition coefficient (Wildman–Crippen LogP) is 3.06. The normalized spacial score (nSPS) is 17.4. The van der Waals surface area contributed by atoms with Crippen LogP contribution < -0.4 is 5.32 Å². The summed E-state index contributed by atoms with van der Waals surface area (Å²) in [5.74, 6) is -0.0344. The first-order valence-electron chi connectivity index (χ1n) is 8.95. The van der Waals surface area contributed by atoms with Crippen LogP contribution in [-0.4, -0.2) is 44.0 Å². The summed E-state index contributed by atoms with van der Waals surface area (Å²) in [7, 11) is -3.16. The molecular weight excluding hydrogens is 380 g/mol. The minimum atomic E-state index is -3.16.